The van der Waals surface area contributed by atoms with Gasteiger partial charge >= 0.3 is 0 Å². The van der Waals surface area contributed by atoms with Crippen LogP contribution in [0.2, 0.25) is 10.3 Å². The molecule has 1 fully saturated rings. The molecule has 80 valence electrons. The van der Waals surface area contributed by atoms with E-state index >= 15 is 0 Å². The molecule has 1 unspecified atom stereocenters. The summed E-state index contributed by atoms with van der Waals surface area (Å²) in [5.41, 5.74) is 0.377. The van der Waals surface area contributed by atoms with Crippen LogP contribution in [-0.4, -0.2) is 27.7 Å². The smallest absolute Gasteiger partial charge is 0.228 e. The number of halogens is 2. The van der Waals surface area contributed by atoms with Crippen molar-refractivity contribution in [3.63, 3.8) is 0 Å². The van der Waals surface area contributed by atoms with E-state index in [-0.39, 0.29) is 21.5 Å². The Kier molecular flexibility index (Phi) is 3.04. The molecule has 0 bridgehead atoms. The van der Waals surface area contributed by atoms with Gasteiger partial charge in [0.25, 0.3) is 0 Å². The molecule has 1 atom stereocenters. The highest BCUT2D eigenvalue weighted by atomic mass is 35.5. The predicted molar refractivity (Wildman–Crippen MR) is 61.8 cm³/mol. The normalized spacial score (nSPS) is 21.1. The molecule has 0 aromatic carbocycles. The van der Waals surface area contributed by atoms with Crippen molar-refractivity contribution in [1.82, 2.24) is 9.97 Å². The first kappa shape index (κ1) is 11.0. The van der Waals surface area contributed by atoms with Gasteiger partial charge < -0.3 is 4.90 Å². The first-order valence-electron chi connectivity index (χ1n) is 4.24. The van der Waals surface area contributed by atoms with Gasteiger partial charge in [-0.2, -0.15) is 12.6 Å². The van der Waals surface area contributed by atoms with E-state index in [4.69, 9.17) is 23.2 Å². The van der Waals surface area contributed by atoms with Crippen LogP contribution in [0.4, 0.5) is 5.69 Å². The number of thiol groups is 1. The van der Waals surface area contributed by atoms with Crippen LogP contribution in [0.3, 0.4) is 0 Å². The molecule has 1 aliphatic rings. The summed E-state index contributed by atoms with van der Waals surface area (Å²) in [4.78, 5) is 20.7. The highest BCUT2D eigenvalue weighted by Crippen LogP contribution is 2.33. The molecule has 1 aromatic rings. The fourth-order valence-electron chi connectivity index (χ4n) is 1.47. The number of hydrogen-bond acceptors (Lipinski definition) is 4. The van der Waals surface area contributed by atoms with Crippen molar-refractivity contribution < 1.29 is 4.79 Å². The van der Waals surface area contributed by atoms with Gasteiger partial charge in [0.2, 0.25) is 5.91 Å². The molecule has 0 aliphatic carbocycles. The molecule has 0 N–H and O–H groups in total. The van der Waals surface area contributed by atoms with Crippen LogP contribution in [0.1, 0.15) is 6.42 Å². The molecule has 0 saturated carbocycles. The van der Waals surface area contributed by atoms with Crippen LogP contribution in [-0.2, 0) is 4.79 Å². The topological polar surface area (TPSA) is 46.1 Å². The number of amides is 1. The average Bonchev–Trinajstić information content (AvgIpc) is 2.45. The Bertz CT molecular complexity index is 395. The zero-order valence-corrected chi connectivity index (χ0v) is 9.93. The number of carbonyl (C=O) groups excluding carboxylic acids is 1. The number of rotatable bonds is 1. The van der Waals surface area contributed by atoms with Gasteiger partial charge in [-0.1, -0.05) is 23.2 Å². The largest absolute Gasteiger partial charge is 0.306 e. The monoisotopic (exact) mass is 263 g/mol. The van der Waals surface area contributed by atoms with Gasteiger partial charge in [0.05, 0.1) is 0 Å². The van der Waals surface area contributed by atoms with Gasteiger partial charge in [-0.05, 0) is 0 Å². The fourth-order valence-corrected chi connectivity index (χ4v) is 2.30. The number of nitrogens with zero attached hydrogens (tertiary/aromatic N) is 3. The molecule has 0 spiro atoms. The third kappa shape index (κ3) is 2.04. The summed E-state index contributed by atoms with van der Waals surface area (Å²) in [6.07, 6.45) is 1.64. The van der Waals surface area contributed by atoms with Crippen LogP contribution in [0.25, 0.3) is 0 Å². The molecule has 1 amide bonds. The van der Waals surface area contributed by atoms with E-state index in [0.29, 0.717) is 18.7 Å². The quantitative estimate of drug-likeness (QED) is 0.621. The molecular weight excluding hydrogens is 257 g/mol. The second kappa shape index (κ2) is 4.15. The summed E-state index contributed by atoms with van der Waals surface area (Å²) < 4.78 is 0. The van der Waals surface area contributed by atoms with Crippen LogP contribution in [0.15, 0.2) is 6.33 Å². The third-order valence-corrected chi connectivity index (χ3v) is 3.01. The molecule has 4 nitrogen and oxygen atoms in total. The van der Waals surface area contributed by atoms with Crippen molar-refractivity contribution in [1.29, 1.82) is 0 Å². The predicted octanol–water partition coefficient (Wildman–Crippen LogP) is 1.82. The van der Waals surface area contributed by atoms with Crippen molar-refractivity contribution in [3.05, 3.63) is 16.6 Å². The zero-order chi connectivity index (χ0) is 11.0. The Hall–Kier alpha value is -0.520. The van der Waals surface area contributed by atoms with Gasteiger partial charge in [-0.25, -0.2) is 9.97 Å². The van der Waals surface area contributed by atoms with Gasteiger partial charge in [-0.15, -0.1) is 0 Å². The first-order chi connectivity index (χ1) is 7.09. The summed E-state index contributed by atoms with van der Waals surface area (Å²) in [6.45, 7) is 0.481. The summed E-state index contributed by atoms with van der Waals surface area (Å²) in [6, 6.07) is 0. The van der Waals surface area contributed by atoms with Crippen molar-refractivity contribution in [2.24, 2.45) is 0 Å². The Labute approximate surface area is 102 Å². The van der Waals surface area contributed by atoms with E-state index in [1.807, 2.05) is 0 Å². The van der Waals surface area contributed by atoms with E-state index < -0.39 is 0 Å². The van der Waals surface area contributed by atoms with Crippen LogP contribution in [0, 0.1) is 0 Å². The lowest BCUT2D eigenvalue weighted by molar-refractivity contribution is -0.117. The maximum atomic E-state index is 11.6. The third-order valence-electron chi connectivity index (χ3n) is 2.11. The minimum atomic E-state index is -0.0615. The molecular formula is C8H7Cl2N3OS. The van der Waals surface area contributed by atoms with Crippen LogP contribution >= 0.6 is 35.8 Å². The van der Waals surface area contributed by atoms with E-state index in [2.05, 4.69) is 22.6 Å². The highest BCUT2D eigenvalue weighted by molar-refractivity contribution is 7.81. The van der Waals surface area contributed by atoms with Crippen LogP contribution < -0.4 is 4.90 Å². The average molecular weight is 264 g/mol. The molecule has 1 aliphatic heterocycles. The maximum absolute atomic E-state index is 11.6. The fraction of sp³-hybridized carbons (Fsp3) is 0.375. The number of anilines is 1. The number of aromatic nitrogens is 2. The molecule has 2 heterocycles. The van der Waals surface area contributed by atoms with Crippen molar-refractivity contribution in [3.8, 4) is 0 Å². The molecule has 0 radical (unpaired) electrons. The summed E-state index contributed by atoms with van der Waals surface area (Å²) >= 11 is 16.0. The standard InChI is InChI=1S/C8H7Cl2N3OS/c9-7-6(8(10)12-3-11-7)13-2-4(15)1-5(13)14/h3-4,15H,1-2H2. The van der Waals surface area contributed by atoms with Gasteiger partial charge in [0.1, 0.15) is 12.0 Å². The number of carbonyl (C=O) groups is 1. The SMILES string of the molecule is O=C1CC(S)CN1c1c(Cl)ncnc1Cl. The summed E-state index contributed by atoms with van der Waals surface area (Å²) in [5.74, 6) is -0.0615. The van der Waals surface area contributed by atoms with Gasteiger partial charge in [0.15, 0.2) is 10.3 Å². The minimum absolute atomic E-state index is 0.00448. The molecule has 2 rings (SSSR count). The summed E-state index contributed by atoms with van der Waals surface area (Å²) in [7, 11) is 0. The van der Waals surface area contributed by atoms with Crippen molar-refractivity contribution in [2.45, 2.75) is 11.7 Å². The van der Waals surface area contributed by atoms with Crippen LogP contribution in [0.5, 0.6) is 0 Å². The molecule has 7 heteroatoms. The minimum Gasteiger partial charge on any atom is -0.306 e. The van der Waals surface area contributed by atoms with E-state index in [1.54, 1.807) is 0 Å². The second-order valence-corrected chi connectivity index (χ2v) is 4.61. The Morgan fingerprint density at radius 1 is 1.40 bits per heavy atom. The van der Waals surface area contributed by atoms with Crippen molar-refractivity contribution >= 4 is 47.4 Å². The first-order valence-corrected chi connectivity index (χ1v) is 5.51. The lowest BCUT2D eigenvalue weighted by Crippen LogP contribution is -2.25. The lowest BCUT2D eigenvalue weighted by Gasteiger charge is -2.17. The Balaban J connectivity index is 2.41. The Morgan fingerprint density at radius 2 is 2.00 bits per heavy atom. The van der Waals surface area contributed by atoms with E-state index in [9.17, 15) is 4.79 Å². The van der Waals surface area contributed by atoms with Gasteiger partial charge in [-0.3, -0.25) is 4.79 Å². The number of hydrogen-bond donors (Lipinski definition) is 1. The molecule has 1 saturated heterocycles. The maximum Gasteiger partial charge on any atom is 0.228 e. The summed E-state index contributed by atoms with van der Waals surface area (Å²) in [5, 5.41) is 0.376. The van der Waals surface area contributed by atoms with Crippen molar-refractivity contribution in [2.75, 3.05) is 11.4 Å². The highest BCUT2D eigenvalue weighted by Gasteiger charge is 2.31. The lowest BCUT2D eigenvalue weighted by atomic mass is 10.4. The molecule has 15 heavy (non-hydrogen) atoms. The zero-order valence-electron chi connectivity index (χ0n) is 7.52. The van der Waals surface area contributed by atoms with E-state index in [1.165, 1.54) is 11.2 Å². The second-order valence-electron chi connectivity index (χ2n) is 3.17. The molecule has 1 aromatic heterocycles. The Morgan fingerprint density at radius 3 is 2.47 bits per heavy atom. The van der Waals surface area contributed by atoms with Gasteiger partial charge in [0, 0.05) is 18.2 Å². The van der Waals surface area contributed by atoms with E-state index in [0.717, 1.165) is 0 Å².